The Morgan fingerprint density at radius 3 is 2.33 bits per heavy atom. The highest BCUT2D eigenvalue weighted by Gasteiger charge is 2.17. The molecule has 0 heterocycles. The fourth-order valence-corrected chi connectivity index (χ4v) is 3.24. The summed E-state index contributed by atoms with van der Waals surface area (Å²) in [6.45, 7) is 6.74. The summed E-state index contributed by atoms with van der Waals surface area (Å²) in [6.07, 6.45) is 1.34. The van der Waals surface area contributed by atoms with Crippen molar-refractivity contribution in [3.63, 3.8) is 0 Å². The zero-order valence-electron chi connectivity index (χ0n) is 17.0. The summed E-state index contributed by atoms with van der Waals surface area (Å²) < 4.78 is 11.0. The molecule has 0 aliphatic rings. The minimum Gasteiger partial charge on any atom is -0.493 e. The molecule has 148 valence electrons. The first-order valence-corrected chi connectivity index (χ1v) is 9.67. The van der Waals surface area contributed by atoms with Gasteiger partial charge in [-0.25, -0.2) is 0 Å². The molecule has 0 saturated carbocycles. The van der Waals surface area contributed by atoms with Gasteiger partial charge in [-0.1, -0.05) is 56.3 Å². The Labute approximate surface area is 163 Å². The number of hydrogen-bond acceptors (Lipinski definition) is 4. The van der Waals surface area contributed by atoms with Crippen molar-refractivity contribution in [3.05, 3.63) is 59.7 Å². The zero-order chi connectivity index (χ0) is 19.6. The number of ether oxygens (including phenoxy) is 2. The first-order valence-electron chi connectivity index (χ1n) is 9.67. The van der Waals surface area contributed by atoms with E-state index >= 15 is 0 Å². The molecule has 0 saturated heterocycles. The third-order valence-electron chi connectivity index (χ3n) is 4.68. The third kappa shape index (κ3) is 6.89. The number of methoxy groups -OCH3 is 2. The molecule has 4 nitrogen and oxygen atoms in total. The van der Waals surface area contributed by atoms with E-state index in [0.29, 0.717) is 18.9 Å². The van der Waals surface area contributed by atoms with E-state index in [4.69, 9.17) is 9.47 Å². The van der Waals surface area contributed by atoms with Gasteiger partial charge in [-0.15, -0.1) is 0 Å². The summed E-state index contributed by atoms with van der Waals surface area (Å²) in [5, 5.41) is 10.6. The molecule has 0 amide bonds. The molecule has 4 heteroatoms. The molecule has 0 spiro atoms. The normalized spacial score (nSPS) is 12.4. The van der Waals surface area contributed by atoms with Gasteiger partial charge >= 0.3 is 0 Å². The number of aliphatic hydroxyl groups excluding tert-OH is 1. The van der Waals surface area contributed by atoms with Crippen LogP contribution in [0.15, 0.2) is 48.5 Å². The van der Waals surface area contributed by atoms with E-state index in [1.807, 2.05) is 30.3 Å². The lowest BCUT2D eigenvalue weighted by atomic mass is 10.1. The molecule has 1 unspecified atom stereocenters. The Morgan fingerprint density at radius 2 is 1.70 bits per heavy atom. The van der Waals surface area contributed by atoms with Gasteiger partial charge in [0.05, 0.1) is 20.3 Å². The van der Waals surface area contributed by atoms with Gasteiger partial charge in [0.25, 0.3) is 0 Å². The molecule has 1 N–H and O–H groups in total. The average Bonchev–Trinajstić information content (AvgIpc) is 2.66. The lowest BCUT2D eigenvalue weighted by molar-refractivity contribution is 0.105. The quantitative estimate of drug-likeness (QED) is 0.644. The number of para-hydroxylation sites is 1. The number of aliphatic hydroxyl groups is 1. The predicted octanol–water partition coefficient (Wildman–Crippen LogP) is 4.16. The molecule has 27 heavy (non-hydrogen) atoms. The second-order valence-corrected chi connectivity index (χ2v) is 7.41. The second kappa shape index (κ2) is 11.0. The van der Waals surface area contributed by atoms with Gasteiger partial charge in [0.2, 0.25) is 0 Å². The Morgan fingerprint density at radius 1 is 0.963 bits per heavy atom. The SMILES string of the molecule is COc1cccc(CN(CCC(C)C)CC(O)Cc2ccccc2)c1OC. The molecular formula is C23H33NO3. The monoisotopic (exact) mass is 371 g/mol. The fraction of sp³-hybridized carbons (Fsp3) is 0.478. The van der Waals surface area contributed by atoms with Gasteiger partial charge in [-0.05, 0) is 36.9 Å². The summed E-state index contributed by atoms with van der Waals surface area (Å²) in [4.78, 5) is 2.31. The first kappa shape index (κ1) is 21.3. The Balaban J connectivity index is 2.09. The van der Waals surface area contributed by atoms with Crippen LogP contribution >= 0.6 is 0 Å². The van der Waals surface area contributed by atoms with Crippen molar-refractivity contribution < 1.29 is 14.6 Å². The average molecular weight is 372 g/mol. The summed E-state index contributed by atoms with van der Waals surface area (Å²) in [5.41, 5.74) is 2.24. The van der Waals surface area contributed by atoms with Crippen molar-refractivity contribution in [1.82, 2.24) is 4.90 Å². The molecule has 2 aromatic carbocycles. The number of rotatable bonds is 11. The molecule has 0 aromatic heterocycles. The minimum absolute atomic E-state index is 0.406. The highest BCUT2D eigenvalue weighted by molar-refractivity contribution is 5.46. The van der Waals surface area contributed by atoms with Crippen LogP contribution in [0.4, 0.5) is 0 Å². The molecule has 0 aliphatic carbocycles. The molecule has 2 aromatic rings. The van der Waals surface area contributed by atoms with Crippen LogP contribution in [0.5, 0.6) is 11.5 Å². The smallest absolute Gasteiger partial charge is 0.165 e. The summed E-state index contributed by atoms with van der Waals surface area (Å²) in [7, 11) is 3.33. The zero-order valence-corrected chi connectivity index (χ0v) is 17.0. The van der Waals surface area contributed by atoms with Crippen molar-refractivity contribution in [3.8, 4) is 11.5 Å². The molecular weight excluding hydrogens is 338 g/mol. The van der Waals surface area contributed by atoms with E-state index in [9.17, 15) is 5.11 Å². The van der Waals surface area contributed by atoms with E-state index in [1.165, 1.54) is 0 Å². The Bertz CT molecular complexity index is 673. The lowest BCUT2D eigenvalue weighted by Gasteiger charge is -2.27. The Kier molecular flexibility index (Phi) is 8.62. The van der Waals surface area contributed by atoms with Gasteiger partial charge < -0.3 is 14.6 Å². The van der Waals surface area contributed by atoms with Crippen LogP contribution in [-0.4, -0.2) is 43.4 Å². The van der Waals surface area contributed by atoms with Crippen molar-refractivity contribution in [2.75, 3.05) is 27.3 Å². The van der Waals surface area contributed by atoms with Crippen LogP contribution < -0.4 is 9.47 Å². The van der Waals surface area contributed by atoms with Crippen LogP contribution in [0, 0.1) is 5.92 Å². The van der Waals surface area contributed by atoms with Crippen LogP contribution in [0.1, 0.15) is 31.4 Å². The highest BCUT2D eigenvalue weighted by Crippen LogP contribution is 2.31. The molecule has 0 aliphatic heterocycles. The largest absolute Gasteiger partial charge is 0.493 e. The Hall–Kier alpha value is -2.04. The van der Waals surface area contributed by atoms with E-state index in [-0.39, 0.29) is 0 Å². The minimum atomic E-state index is -0.406. The van der Waals surface area contributed by atoms with Crippen LogP contribution in [0.25, 0.3) is 0 Å². The second-order valence-electron chi connectivity index (χ2n) is 7.41. The molecule has 0 fully saturated rings. The standard InChI is InChI=1S/C23H33NO3/c1-18(2)13-14-24(17-21(25)15-19-9-6-5-7-10-19)16-20-11-8-12-22(26-3)23(20)27-4/h5-12,18,21,25H,13-17H2,1-4H3. The summed E-state index contributed by atoms with van der Waals surface area (Å²) >= 11 is 0. The highest BCUT2D eigenvalue weighted by atomic mass is 16.5. The maximum atomic E-state index is 10.6. The van der Waals surface area contributed by atoms with Crippen LogP contribution in [0.2, 0.25) is 0 Å². The van der Waals surface area contributed by atoms with Gasteiger partial charge in [-0.2, -0.15) is 0 Å². The van der Waals surface area contributed by atoms with Crippen LogP contribution in [-0.2, 0) is 13.0 Å². The van der Waals surface area contributed by atoms with E-state index in [0.717, 1.165) is 42.1 Å². The number of nitrogens with zero attached hydrogens (tertiary/aromatic N) is 1. The summed E-state index contributed by atoms with van der Waals surface area (Å²) in [5.74, 6) is 2.13. The first-order chi connectivity index (χ1) is 13.0. The van der Waals surface area contributed by atoms with Crippen LogP contribution in [0.3, 0.4) is 0 Å². The molecule has 0 radical (unpaired) electrons. The van der Waals surface area contributed by atoms with E-state index in [1.54, 1.807) is 14.2 Å². The number of hydrogen-bond donors (Lipinski definition) is 1. The molecule has 2 rings (SSSR count). The maximum Gasteiger partial charge on any atom is 0.165 e. The topological polar surface area (TPSA) is 41.9 Å². The summed E-state index contributed by atoms with van der Waals surface area (Å²) in [6, 6.07) is 16.1. The molecule has 0 bridgehead atoms. The predicted molar refractivity (Wildman–Crippen MR) is 110 cm³/mol. The van der Waals surface area contributed by atoms with E-state index in [2.05, 4.69) is 36.9 Å². The van der Waals surface area contributed by atoms with Crippen molar-refractivity contribution in [2.24, 2.45) is 5.92 Å². The fourth-order valence-electron chi connectivity index (χ4n) is 3.24. The van der Waals surface area contributed by atoms with Gasteiger partial charge in [0, 0.05) is 18.7 Å². The van der Waals surface area contributed by atoms with Crippen molar-refractivity contribution in [2.45, 2.75) is 39.3 Å². The van der Waals surface area contributed by atoms with Gasteiger partial charge in [-0.3, -0.25) is 4.90 Å². The van der Waals surface area contributed by atoms with E-state index < -0.39 is 6.10 Å². The lowest BCUT2D eigenvalue weighted by Crippen LogP contribution is -2.34. The third-order valence-corrected chi connectivity index (χ3v) is 4.68. The van der Waals surface area contributed by atoms with Gasteiger partial charge in [0.15, 0.2) is 11.5 Å². The molecule has 1 atom stereocenters. The number of benzene rings is 2. The van der Waals surface area contributed by atoms with Gasteiger partial charge in [0.1, 0.15) is 0 Å². The van der Waals surface area contributed by atoms with Crippen molar-refractivity contribution >= 4 is 0 Å². The van der Waals surface area contributed by atoms with Crippen molar-refractivity contribution in [1.29, 1.82) is 0 Å². The maximum absolute atomic E-state index is 10.6.